The topological polar surface area (TPSA) is 12.5 Å². The van der Waals surface area contributed by atoms with Gasteiger partial charge in [-0.25, -0.2) is 0 Å². The van der Waals surface area contributed by atoms with Gasteiger partial charge in [-0.1, -0.05) is 33.0 Å². The van der Waals surface area contributed by atoms with Crippen LogP contribution in [0.5, 0.6) is 0 Å². The van der Waals surface area contributed by atoms with Crippen molar-refractivity contribution < 1.29 is 4.43 Å². The van der Waals surface area contributed by atoms with Gasteiger partial charge < -0.3 is 9.33 Å². The Morgan fingerprint density at radius 3 is 2.32 bits per heavy atom. The Kier molecular flexibility index (Phi) is 7.60. The molecule has 0 aliphatic carbocycles. The van der Waals surface area contributed by atoms with Crippen LogP contribution in [0.1, 0.15) is 39.5 Å². The van der Waals surface area contributed by atoms with Crippen molar-refractivity contribution >= 4 is 26.8 Å². The third-order valence-electron chi connectivity index (χ3n) is 3.74. The van der Waals surface area contributed by atoms with E-state index in [4.69, 9.17) is 4.43 Å². The van der Waals surface area contributed by atoms with Gasteiger partial charge in [-0.15, -0.1) is 0 Å². The zero-order chi connectivity index (χ0) is 17.0. The van der Waals surface area contributed by atoms with Crippen LogP contribution in [0.25, 0.3) is 0 Å². The van der Waals surface area contributed by atoms with Crippen LogP contribution in [0.15, 0.2) is 11.5 Å². The van der Waals surface area contributed by atoms with Crippen molar-refractivity contribution in [1.29, 1.82) is 0 Å². The molecule has 1 heterocycles. The maximum atomic E-state index is 6.54. The monoisotopic (exact) mass is 359 g/mol. The minimum absolute atomic E-state index is 0.676. The first-order valence-electron chi connectivity index (χ1n) is 8.83. The smallest absolute Gasteiger partial charge is 0.244 e. The van der Waals surface area contributed by atoms with Crippen molar-refractivity contribution in [2.45, 2.75) is 84.9 Å². The Labute approximate surface area is 144 Å². The predicted molar refractivity (Wildman–Crippen MR) is 108 cm³/mol. The normalized spacial score (nSPS) is 21.1. The first-order chi connectivity index (χ1) is 10.0. The molecule has 130 valence electrons. The third-order valence-corrected chi connectivity index (χ3v) is 9.06. The number of hydrogen-bond acceptors (Lipinski definition) is 3. The van der Waals surface area contributed by atoms with Crippen LogP contribution in [0.4, 0.5) is 0 Å². The fourth-order valence-corrected chi connectivity index (χ4v) is 6.77. The summed E-state index contributed by atoms with van der Waals surface area (Å²) < 4.78 is 6.54. The SMILES string of the molecule is CCC/C(C)=C(/O[Si](C)(C)C)N1CCC[C@H]1CS[Si](C)(C)C. The van der Waals surface area contributed by atoms with Crippen LogP contribution >= 0.6 is 11.2 Å². The van der Waals surface area contributed by atoms with Crippen LogP contribution in [0, 0.1) is 0 Å². The van der Waals surface area contributed by atoms with E-state index in [1.54, 1.807) is 0 Å². The Hall–Kier alpha value is 0.124. The van der Waals surface area contributed by atoms with Crippen molar-refractivity contribution in [3.05, 3.63) is 11.5 Å². The van der Waals surface area contributed by atoms with Gasteiger partial charge in [0.1, 0.15) is 7.22 Å². The largest absolute Gasteiger partial charge is 0.533 e. The summed E-state index contributed by atoms with van der Waals surface area (Å²) in [7, 11) is -2.60. The molecule has 0 spiro atoms. The van der Waals surface area contributed by atoms with E-state index in [1.165, 1.54) is 43.0 Å². The van der Waals surface area contributed by atoms with Crippen molar-refractivity contribution in [2.75, 3.05) is 12.3 Å². The second-order valence-corrected chi connectivity index (χ2v) is 22.3. The van der Waals surface area contributed by atoms with E-state index in [2.05, 4.69) is 69.2 Å². The number of rotatable bonds is 8. The second kappa shape index (κ2) is 8.29. The second-order valence-electron chi connectivity index (χ2n) is 8.46. The highest BCUT2D eigenvalue weighted by molar-refractivity contribution is 8.28. The van der Waals surface area contributed by atoms with Gasteiger partial charge in [0.25, 0.3) is 0 Å². The zero-order valence-corrected chi connectivity index (χ0v) is 18.9. The first kappa shape index (κ1) is 20.2. The molecule has 0 aromatic carbocycles. The standard InChI is InChI=1S/C17H37NOSSi2/c1-9-11-15(2)17(19-21(3,4)5)18-13-10-12-16(18)14-20-22(6,7)8/h16H,9-14H2,1-8H3/b17-15+/t16-/m0/s1. The molecule has 0 saturated carbocycles. The lowest BCUT2D eigenvalue weighted by Crippen LogP contribution is -2.38. The van der Waals surface area contributed by atoms with E-state index < -0.39 is 15.5 Å². The molecule has 0 bridgehead atoms. The van der Waals surface area contributed by atoms with E-state index in [-0.39, 0.29) is 0 Å². The first-order valence-corrected chi connectivity index (χ1v) is 17.4. The summed E-state index contributed by atoms with van der Waals surface area (Å²) in [6, 6.07) is 0.676. The molecule has 1 aliphatic rings. The zero-order valence-electron chi connectivity index (χ0n) is 16.1. The van der Waals surface area contributed by atoms with E-state index in [0.29, 0.717) is 6.04 Å². The molecule has 0 amide bonds. The summed E-state index contributed by atoms with van der Waals surface area (Å²) in [5, 5.41) is 0. The van der Waals surface area contributed by atoms with E-state index in [1.807, 2.05) is 0 Å². The Balaban J connectivity index is 2.90. The maximum absolute atomic E-state index is 6.54. The van der Waals surface area contributed by atoms with Crippen molar-refractivity contribution in [3.8, 4) is 0 Å². The Morgan fingerprint density at radius 1 is 1.18 bits per heavy atom. The van der Waals surface area contributed by atoms with Crippen LogP contribution in [0.3, 0.4) is 0 Å². The number of hydrogen-bond donors (Lipinski definition) is 0. The molecule has 0 aromatic heterocycles. The van der Waals surface area contributed by atoms with Gasteiger partial charge in [-0.05, 0) is 51.4 Å². The van der Waals surface area contributed by atoms with Gasteiger partial charge in [0, 0.05) is 18.3 Å². The highest BCUT2D eigenvalue weighted by Crippen LogP contribution is 2.32. The van der Waals surface area contributed by atoms with E-state index in [9.17, 15) is 0 Å². The van der Waals surface area contributed by atoms with Crippen molar-refractivity contribution in [1.82, 2.24) is 4.90 Å². The summed E-state index contributed by atoms with van der Waals surface area (Å²) in [5.41, 5.74) is 1.45. The quantitative estimate of drug-likeness (QED) is 0.395. The molecule has 0 radical (unpaired) electrons. The summed E-state index contributed by atoms with van der Waals surface area (Å²) in [5.74, 6) is 2.51. The Morgan fingerprint density at radius 2 is 1.82 bits per heavy atom. The molecule has 2 nitrogen and oxygen atoms in total. The lowest BCUT2D eigenvalue weighted by Gasteiger charge is -2.35. The molecule has 0 aromatic rings. The molecule has 5 heteroatoms. The molecule has 1 aliphatic heterocycles. The fraction of sp³-hybridized carbons (Fsp3) is 0.882. The molecule has 1 rings (SSSR count). The summed E-state index contributed by atoms with van der Waals surface area (Å²) in [6.07, 6.45) is 5.00. The maximum Gasteiger partial charge on any atom is 0.244 e. The lowest BCUT2D eigenvalue weighted by atomic mass is 10.1. The number of allylic oxidation sites excluding steroid dienone is 1. The number of nitrogens with zero attached hydrogens (tertiary/aromatic N) is 1. The average Bonchev–Trinajstić information content (AvgIpc) is 2.80. The highest BCUT2D eigenvalue weighted by Gasteiger charge is 2.32. The molecule has 22 heavy (non-hydrogen) atoms. The molecular formula is C17H37NOSSi2. The minimum Gasteiger partial charge on any atom is -0.533 e. The van der Waals surface area contributed by atoms with E-state index in [0.717, 1.165) is 6.42 Å². The van der Waals surface area contributed by atoms with Gasteiger partial charge >= 0.3 is 0 Å². The summed E-state index contributed by atoms with van der Waals surface area (Å²) in [4.78, 5) is 2.61. The molecule has 1 atom stereocenters. The lowest BCUT2D eigenvalue weighted by molar-refractivity contribution is 0.202. The summed E-state index contributed by atoms with van der Waals surface area (Å²) >= 11 is 2.23. The third kappa shape index (κ3) is 7.13. The highest BCUT2D eigenvalue weighted by atomic mass is 32.4. The summed E-state index contributed by atoms with van der Waals surface area (Å²) in [6.45, 7) is 20.0. The molecule has 0 N–H and O–H groups in total. The predicted octanol–water partition coefficient (Wildman–Crippen LogP) is 5.90. The fourth-order valence-electron chi connectivity index (χ4n) is 2.79. The van der Waals surface area contributed by atoms with Crippen LogP contribution in [-0.2, 0) is 4.43 Å². The van der Waals surface area contributed by atoms with Gasteiger partial charge in [0.15, 0.2) is 5.88 Å². The molecule has 1 saturated heterocycles. The van der Waals surface area contributed by atoms with Crippen molar-refractivity contribution in [3.63, 3.8) is 0 Å². The van der Waals surface area contributed by atoms with Gasteiger partial charge in [0.05, 0.1) is 0 Å². The van der Waals surface area contributed by atoms with Crippen LogP contribution in [0.2, 0.25) is 39.3 Å². The van der Waals surface area contributed by atoms with Gasteiger partial charge in [-0.3, -0.25) is 0 Å². The molecule has 0 unspecified atom stereocenters. The number of likely N-dealkylation sites (tertiary alicyclic amines) is 1. The molecule has 1 fully saturated rings. The Bertz CT molecular complexity index is 385. The van der Waals surface area contributed by atoms with E-state index >= 15 is 0 Å². The van der Waals surface area contributed by atoms with Crippen molar-refractivity contribution in [2.24, 2.45) is 0 Å². The van der Waals surface area contributed by atoms with Crippen LogP contribution < -0.4 is 0 Å². The minimum atomic E-state index is -1.57. The van der Waals surface area contributed by atoms with Gasteiger partial charge in [0.2, 0.25) is 8.32 Å². The molecular weight excluding hydrogens is 322 g/mol. The van der Waals surface area contributed by atoms with Gasteiger partial charge in [-0.2, -0.15) is 11.2 Å². The average molecular weight is 360 g/mol. The van der Waals surface area contributed by atoms with Crippen LogP contribution in [-0.4, -0.2) is 38.8 Å².